The summed E-state index contributed by atoms with van der Waals surface area (Å²) in [6.07, 6.45) is 0. The van der Waals surface area contributed by atoms with E-state index in [2.05, 4.69) is 0 Å². The number of Topliss-reactive ketones (excluding diaryl/α,β-unsaturated/α-hetero) is 1. The maximum Gasteiger partial charge on any atom is 0.293 e. The van der Waals surface area contributed by atoms with E-state index in [1.54, 1.807) is 31.2 Å². The van der Waals surface area contributed by atoms with E-state index in [0.717, 1.165) is 11.3 Å². The molecule has 6 nitrogen and oxygen atoms in total. The Morgan fingerprint density at radius 1 is 1.26 bits per heavy atom. The molecule has 2 aromatic carbocycles. The Morgan fingerprint density at radius 2 is 2.00 bits per heavy atom. The van der Waals surface area contributed by atoms with Crippen LogP contribution in [0.3, 0.4) is 0 Å². The molecule has 0 fully saturated rings. The molecule has 0 saturated carbocycles. The zero-order chi connectivity index (χ0) is 17.0. The summed E-state index contributed by atoms with van der Waals surface area (Å²) >= 11 is 0. The van der Waals surface area contributed by atoms with Gasteiger partial charge in [-0.05, 0) is 36.8 Å². The van der Waals surface area contributed by atoms with Crippen LogP contribution in [-0.2, 0) is 6.54 Å². The molecule has 23 heavy (non-hydrogen) atoms. The molecule has 0 atom stereocenters. The number of carbonyl (C=O) groups excluding carboxylic acids is 1. The van der Waals surface area contributed by atoms with Crippen molar-refractivity contribution in [2.45, 2.75) is 13.5 Å². The molecule has 0 unspecified atom stereocenters. The second-order valence-corrected chi connectivity index (χ2v) is 5.22. The standard InChI is InChI=1S/C17H18N2O4/c1-12(20)14-7-8-16(17(10-14)19(21)22)18(2)11-13-5-4-6-15(9-13)23-3/h4-10H,11H2,1-3H3. The van der Waals surface area contributed by atoms with Crippen molar-refractivity contribution < 1.29 is 14.5 Å². The van der Waals surface area contributed by atoms with Gasteiger partial charge in [0.15, 0.2) is 5.78 Å². The number of nitrogens with zero attached hydrogens (tertiary/aromatic N) is 2. The van der Waals surface area contributed by atoms with Crippen LogP contribution in [0.1, 0.15) is 22.8 Å². The van der Waals surface area contributed by atoms with Gasteiger partial charge in [0.25, 0.3) is 5.69 Å². The van der Waals surface area contributed by atoms with Crippen LogP contribution in [0.25, 0.3) is 0 Å². The number of nitro groups is 1. The van der Waals surface area contributed by atoms with Gasteiger partial charge in [0, 0.05) is 25.2 Å². The molecular formula is C17H18N2O4. The average molecular weight is 314 g/mol. The van der Waals surface area contributed by atoms with Crippen molar-refractivity contribution in [2.24, 2.45) is 0 Å². The SMILES string of the molecule is COc1cccc(CN(C)c2ccc(C(C)=O)cc2[N+](=O)[O-])c1. The van der Waals surface area contributed by atoms with Crippen molar-refractivity contribution in [1.29, 1.82) is 0 Å². The van der Waals surface area contributed by atoms with E-state index >= 15 is 0 Å². The number of methoxy groups -OCH3 is 1. The third-order valence-electron chi connectivity index (χ3n) is 3.54. The summed E-state index contributed by atoms with van der Waals surface area (Å²) in [5.74, 6) is 0.535. The first-order valence-electron chi connectivity index (χ1n) is 7.06. The Bertz CT molecular complexity index is 743. The summed E-state index contributed by atoms with van der Waals surface area (Å²) in [6.45, 7) is 1.87. The Labute approximate surface area is 134 Å². The lowest BCUT2D eigenvalue weighted by Crippen LogP contribution is -2.18. The summed E-state index contributed by atoms with van der Waals surface area (Å²) in [5, 5.41) is 11.3. The smallest absolute Gasteiger partial charge is 0.293 e. The minimum Gasteiger partial charge on any atom is -0.497 e. The predicted octanol–water partition coefficient (Wildman–Crippen LogP) is 3.44. The van der Waals surface area contributed by atoms with Crippen LogP contribution in [-0.4, -0.2) is 24.9 Å². The number of benzene rings is 2. The summed E-state index contributed by atoms with van der Waals surface area (Å²) in [5.41, 5.74) is 1.68. The summed E-state index contributed by atoms with van der Waals surface area (Å²) in [6, 6.07) is 12.0. The number of hydrogen-bond donors (Lipinski definition) is 0. The van der Waals surface area contributed by atoms with Crippen LogP contribution in [0, 0.1) is 10.1 Å². The summed E-state index contributed by atoms with van der Waals surface area (Å²) < 4.78 is 5.18. The lowest BCUT2D eigenvalue weighted by atomic mass is 10.1. The Hall–Kier alpha value is -2.89. The van der Waals surface area contributed by atoms with Crippen LogP contribution >= 0.6 is 0 Å². The van der Waals surface area contributed by atoms with Crippen molar-refractivity contribution in [3.05, 3.63) is 63.7 Å². The van der Waals surface area contributed by atoms with Crippen molar-refractivity contribution in [3.63, 3.8) is 0 Å². The van der Waals surface area contributed by atoms with E-state index in [1.165, 1.54) is 13.0 Å². The van der Waals surface area contributed by atoms with Gasteiger partial charge in [-0.25, -0.2) is 0 Å². The average Bonchev–Trinajstić information content (AvgIpc) is 2.54. The maximum absolute atomic E-state index is 11.4. The van der Waals surface area contributed by atoms with E-state index < -0.39 is 4.92 Å². The molecule has 0 radical (unpaired) electrons. The van der Waals surface area contributed by atoms with E-state index in [9.17, 15) is 14.9 Å². The second kappa shape index (κ2) is 6.91. The number of hydrogen-bond acceptors (Lipinski definition) is 5. The number of rotatable bonds is 6. The van der Waals surface area contributed by atoms with Crippen LogP contribution in [0.2, 0.25) is 0 Å². The van der Waals surface area contributed by atoms with Crippen molar-refractivity contribution in [2.75, 3.05) is 19.1 Å². The monoisotopic (exact) mass is 314 g/mol. The molecular weight excluding hydrogens is 296 g/mol. The highest BCUT2D eigenvalue weighted by Gasteiger charge is 2.19. The van der Waals surface area contributed by atoms with Gasteiger partial charge < -0.3 is 9.64 Å². The molecule has 2 aromatic rings. The molecule has 0 spiro atoms. The molecule has 0 aromatic heterocycles. The first-order valence-corrected chi connectivity index (χ1v) is 7.06. The van der Waals surface area contributed by atoms with Gasteiger partial charge in [-0.2, -0.15) is 0 Å². The molecule has 0 N–H and O–H groups in total. The minimum atomic E-state index is -0.468. The van der Waals surface area contributed by atoms with Crippen LogP contribution in [0.4, 0.5) is 11.4 Å². The minimum absolute atomic E-state index is 0.0805. The third-order valence-corrected chi connectivity index (χ3v) is 3.54. The number of ketones is 1. The third kappa shape index (κ3) is 3.85. The molecule has 0 heterocycles. The van der Waals surface area contributed by atoms with E-state index in [1.807, 2.05) is 24.3 Å². The summed E-state index contributed by atoms with van der Waals surface area (Å²) in [4.78, 5) is 24.0. The quantitative estimate of drug-likeness (QED) is 0.464. The molecule has 0 aliphatic heterocycles. The van der Waals surface area contributed by atoms with Crippen LogP contribution in [0.15, 0.2) is 42.5 Å². The van der Waals surface area contributed by atoms with E-state index in [4.69, 9.17) is 4.74 Å². The molecule has 0 aliphatic carbocycles. The molecule has 120 valence electrons. The van der Waals surface area contributed by atoms with Gasteiger partial charge in [0.05, 0.1) is 12.0 Å². The molecule has 0 amide bonds. The van der Waals surface area contributed by atoms with Crippen LogP contribution in [0.5, 0.6) is 5.75 Å². The van der Waals surface area contributed by atoms with Crippen molar-refractivity contribution in [1.82, 2.24) is 0 Å². The first-order chi connectivity index (χ1) is 10.9. The molecule has 0 bridgehead atoms. The summed E-state index contributed by atoms with van der Waals surface area (Å²) in [7, 11) is 3.36. The lowest BCUT2D eigenvalue weighted by Gasteiger charge is -2.20. The van der Waals surface area contributed by atoms with Crippen molar-refractivity contribution in [3.8, 4) is 5.75 Å². The lowest BCUT2D eigenvalue weighted by molar-refractivity contribution is -0.384. The molecule has 0 saturated heterocycles. The maximum atomic E-state index is 11.4. The number of carbonyl (C=O) groups is 1. The molecule has 2 rings (SSSR count). The number of nitro benzene ring substituents is 1. The predicted molar refractivity (Wildman–Crippen MR) is 88.2 cm³/mol. The highest BCUT2D eigenvalue weighted by molar-refractivity contribution is 5.95. The zero-order valence-electron chi connectivity index (χ0n) is 13.3. The Morgan fingerprint density at radius 3 is 2.61 bits per heavy atom. The second-order valence-electron chi connectivity index (χ2n) is 5.22. The van der Waals surface area contributed by atoms with Crippen molar-refractivity contribution >= 4 is 17.2 Å². The highest BCUT2D eigenvalue weighted by atomic mass is 16.6. The van der Waals surface area contributed by atoms with Gasteiger partial charge in [0.1, 0.15) is 11.4 Å². The van der Waals surface area contributed by atoms with E-state index in [0.29, 0.717) is 17.8 Å². The topological polar surface area (TPSA) is 72.7 Å². The van der Waals surface area contributed by atoms with Gasteiger partial charge >= 0.3 is 0 Å². The van der Waals surface area contributed by atoms with Gasteiger partial charge in [-0.1, -0.05) is 12.1 Å². The number of ether oxygens (including phenoxy) is 1. The fraction of sp³-hybridized carbons (Fsp3) is 0.235. The molecule has 6 heteroatoms. The van der Waals surface area contributed by atoms with Crippen LogP contribution < -0.4 is 9.64 Å². The number of anilines is 1. The normalized spacial score (nSPS) is 10.2. The van der Waals surface area contributed by atoms with Gasteiger partial charge in [0.2, 0.25) is 0 Å². The largest absolute Gasteiger partial charge is 0.497 e. The highest BCUT2D eigenvalue weighted by Crippen LogP contribution is 2.30. The zero-order valence-corrected chi connectivity index (χ0v) is 13.3. The first kappa shape index (κ1) is 16.5. The molecule has 0 aliphatic rings. The Kier molecular flexibility index (Phi) is 4.95. The van der Waals surface area contributed by atoms with Gasteiger partial charge in [-0.15, -0.1) is 0 Å². The Balaban J connectivity index is 2.32. The van der Waals surface area contributed by atoms with E-state index in [-0.39, 0.29) is 11.5 Å². The van der Waals surface area contributed by atoms with Gasteiger partial charge in [-0.3, -0.25) is 14.9 Å². The fourth-order valence-electron chi connectivity index (χ4n) is 2.34. The fourth-order valence-corrected chi connectivity index (χ4v) is 2.34.